The molecule has 31 heavy (non-hydrogen) atoms. The van der Waals surface area contributed by atoms with Gasteiger partial charge in [-0.05, 0) is 43.5 Å². The smallest absolute Gasteiger partial charge is 0.247 e. The van der Waals surface area contributed by atoms with E-state index in [1.165, 1.54) is 4.90 Å². The summed E-state index contributed by atoms with van der Waals surface area (Å²) in [4.78, 5) is 28.0. The number of amides is 2. The monoisotopic (exact) mass is 443 g/mol. The summed E-state index contributed by atoms with van der Waals surface area (Å²) in [6.45, 7) is 5.48. The first-order chi connectivity index (χ1) is 14.5. The van der Waals surface area contributed by atoms with Gasteiger partial charge < -0.3 is 5.32 Å². The molecule has 1 atom stereocenters. The van der Waals surface area contributed by atoms with Crippen LogP contribution in [0.3, 0.4) is 0 Å². The van der Waals surface area contributed by atoms with E-state index in [-0.39, 0.29) is 19.6 Å². The third-order valence-electron chi connectivity index (χ3n) is 5.65. The highest BCUT2D eigenvalue weighted by Crippen LogP contribution is 2.31. The molecule has 8 heteroatoms. The van der Waals surface area contributed by atoms with E-state index in [2.05, 4.69) is 5.32 Å². The number of aryl methyl sites for hydroxylation is 2. The van der Waals surface area contributed by atoms with Crippen LogP contribution >= 0.6 is 0 Å². The van der Waals surface area contributed by atoms with Crippen molar-refractivity contribution in [3.8, 4) is 0 Å². The molecule has 0 spiro atoms. The van der Waals surface area contributed by atoms with Crippen molar-refractivity contribution in [3.05, 3.63) is 65.2 Å². The van der Waals surface area contributed by atoms with Gasteiger partial charge in [0.05, 0.1) is 12.8 Å². The minimum atomic E-state index is -3.65. The maximum absolute atomic E-state index is 13.4. The lowest BCUT2D eigenvalue weighted by Crippen LogP contribution is -2.70. The quantitative estimate of drug-likeness (QED) is 0.742. The highest BCUT2D eigenvalue weighted by atomic mass is 32.2. The van der Waals surface area contributed by atoms with Crippen molar-refractivity contribution in [3.63, 3.8) is 0 Å². The summed E-state index contributed by atoms with van der Waals surface area (Å²) in [6.07, 6.45) is 1.83. The lowest BCUT2D eigenvalue weighted by molar-refractivity contribution is -0.133. The summed E-state index contributed by atoms with van der Waals surface area (Å²) >= 11 is 0. The number of nitrogens with one attached hydrogen (secondary N) is 1. The Balaban J connectivity index is 1.96. The van der Waals surface area contributed by atoms with Crippen LogP contribution in [0.5, 0.6) is 0 Å². The SMILES string of the molecule is CCc1cccc(N2C(=O)CN(S(C)(=O)=O)C[C@@]2(C)C(=O)NCc2ccc(C)cc2)c1. The van der Waals surface area contributed by atoms with Gasteiger partial charge in [-0.25, -0.2) is 8.42 Å². The highest BCUT2D eigenvalue weighted by molar-refractivity contribution is 7.88. The molecule has 2 aromatic rings. The van der Waals surface area contributed by atoms with Crippen molar-refractivity contribution < 1.29 is 18.0 Å². The van der Waals surface area contributed by atoms with Gasteiger partial charge in [0.1, 0.15) is 5.54 Å². The molecule has 0 radical (unpaired) electrons. The van der Waals surface area contributed by atoms with Crippen molar-refractivity contribution in [1.82, 2.24) is 9.62 Å². The number of piperazine rings is 1. The number of rotatable bonds is 6. The summed E-state index contributed by atoms with van der Waals surface area (Å²) in [6, 6.07) is 15.2. The van der Waals surface area contributed by atoms with Gasteiger partial charge in [-0.2, -0.15) is 4.31 Å². The summed E-state index contributed by atoms with van der Waals surface area (Å²) < 4.78 is 25.5. The van der Waals surface area contributed by atoms with E-state index < -0.39 is 27.4 Å². The molecular weight excluding hydrogens is 414 g/mol. The molecule has 0 saturated carbocycles. The Labute approximate surface area is 184 Å². The zero-order valence-corrected chi connectivity index (χ0v) is 19.2. The van der Waals surface area contributed by atoms with Gasteiger partial charge in [-0.15, -0.1) is 0 Å². The van der Waals surface area contributed by atoms with Crippen molar-refractivity contribution in [2.75, 3.05) is 24.2 Å². The minimum absolute atomic E-state index is 0.117. The Hall–Kier alpha value is -2.71. The molecule has 7 nitrogen and oxygen atoms in total. The topological polar surface area (TPSA) is 86.8 Å². The molecule has 3 rings (SSSR count). The first-order valence-electron chi connectivity index (χ1n) is 10.3. The van der Waals surface area contributed by atoms with Crippen LogP contribution < -0.4 is 10.2 Å². The third kappa shape index (κ3) is 4.97. The largest absolute Gasteiger partial charge is 0.350 e. The third-order valence-corrected chi connectivity index (χ3v) is 6.84. The number of nitrogens with zero attached hydrogens (tertiary/aromatic N) is 2. The zero-order valence-electron chi connectivity index (χ0n) is 18.4. The summed E-state index contributed by atoms with van der Waals surface area (Å²) in [5.41, 5.74) is 2.26. The number of hydrogen-bond acceptors (Lipinski definition) is 4. The van der Waals surface area contributed by atoms with Gasteiger partial charge in [0.2, 0.25) is 21.8 Å². The summed E-state index contributed by atoms with van der Waals surface area (Å²) in [5.74, 6) is -0.838. The number of carbonyl (C=O) groups is 2. The molecule has 0 bridgehead atoms. The Kier molecular flexibility index (Phi) is 6.52. The molecule has 1 fully saturated rings. The standard InChI is InChI=1S/C23H29N3O4S/c1-5-18-7-6-8-20(13-18)26-21(27)15-25(31(4,29)30)16-23(26,3)22(28)24-14-19-11-9-17(2)10-12-19/h6-13H,5,14-16H2,1-4H3,(H,24,28)/t23-/m0/s1. The predicted molar refractivity (Wildman–Crippen MR) is 121 cm³/mol. The normalized spacial score (nSPS) is 20.0. The molecule has 166 valence electrons. The van der Waals surface area contributed by atoms with Crippen molar-refractivity contribution in [1.29, 1.82) is 0 Å². The lowest BCUT2D eigenvalue weighted by Gasteiger charge is -2.46. The fraction of sp³-hybridized carbons (Fsp3) is 0.391. The van der Waals surface area contributed by atoms with Crippen LogP contribution in [0.4, 0.5) is 5.69 Å². The van der Waals surface area contributed by atoms with E-state index >= 15 is 0 Å². The van der Waals surface area contributed by atoms with E-state index in [0.29, 0.717) is 5.69 Å². The number of carbonyl (C=O) groups excluding carboxylic acids is 2. The van der Waals surface area contributed by atoms with Gasteiger partial charge in [0.25, 0.3) is 0 Å². The average Bonchev–Trinajstić information content (AvgIpc) is 2.72. The first kappa shape index (κ1) is 23.0. The second kappa shape index (κ2) is 8.80. The fourth-order valence-corrected chi connectivity index (χ4v) is 4.63. The number of hydrogen-bond donors (Lipinski definition) is 1. The number of anilines is 1. The van der Waals surface area contributed by atoms with E-state index in [1.54, 1.807) is 13.0 Å². The fourth-order valence-electron chi connectivity index (χ4n) is 3.80. The summed E-state index contributed by atoms with van der Waals surface area (Å²) in [7, 11) is -3.65. The summed E-state index contributed by atoms with van der Waals surface area (Å²) in [5, 5.41) is 2.90. The van der Waals surface area contributed by atoms with E-state index in [0.717, 1.165) is 33.7 Å². The maximum Gasteiger partial charge on any atom is 0.247 e. The second-order valence-corrected chi connectivity index (χ2v) is 10.2. The van der Waals surface area contributed by atoms with Crippen LogP contribution in [0.25, 0.3) is 0 Å². The van der Waals surface area contributed by atoms with Gasteiger partial charge >= 0.3 is 0 Å². The minimum Gasteiger partial charge on any atom is -0.350 e. The van der Waals surface area contributed by atoms with E-state index in [1.807, 2.05) is 56.3 Å². The molecular formula is C23H29N3O4S. The first-order valence-corrected chi connectivity index (χ1v) is 12.1. The number of sulfonamides is 1. The molecule has 1 N–H and O–H groups in total. The second-order valence-electron chi connectivity index (χ2n) is 8.23. The molecule has 0 aromatic heterocycles. The van der Waals surface area contributed by atoms with Crippen molar-refractivity contribution in [2.24, 2.45) is 0 Å². The Morgan fingerprint density at radius 1 is 1.13 bits per heavy atom. The van der Waals surface area contributed by atoms with Gasteiger partial charge in [-0.3, -0.25) is 14.5 Å². The zero-order chi connectivity index (χ0) is 22.8. The Bertz CT molecular complexity index is 1080. The maximum atomic E-state index is 13.4. The van der Waals surface area contributed by atoms with E-state index in [9.17, 15) is 18.0 Å². The van der Waals surface area contributed by atoms with Gasteiger partial charge in [-0.1, -0.05) is 48.9 Å². The van der Waals surface area contributed by atoms with Crippen LogP contribution in [0.15, 0.2) is 48.5 Å². The van der Waals surface area contributed by atoms with Gasteiger partial charge in [0.15, 0.2) is 0 Å². The molecule has 0 aliphatic carbocycles. The molecule has 1 saturated heterocycles. The van der Waals surface area contributed by atoms with Crippen LogP contribution in [-0.4, -0.2) is 49.4 Å². The van der Waals surface area contributed by atoms with E-state index in [4.69, 9.17) is 0 Å². The number of benzene rings is 2. The lowest BCUT2D eigenvalue weighted by atomic mass is 9.94. The molecule has 2 amide bonds. The Morgan fingerprint density at radius 3 is 2.42 bits per heavy atom. The van der Waals surface area contributed by atoms with Crippen LogP contribution in [-0.2, 0) is 32.6 Å². The van der Waals surface area contributed by atoms with Crippen LogP contribution in [0, 0.1) is 6.92 Å². The van der Waals surface area contributed by atoms with Crippen LogP contribution in [0.1, 0.15) is 30.5 Å². The van der Waals surface area contributed by atoms with Crippen molar-refractivity contribution in [2.45, 2.75) is 39.3 Å². The molecule has 0 unspecified atom stereocenters. The molecule has 2 aromatic carbocycles. The van der Waals surface area contributed by atoms with Crippen molar-refractivity contribution >= 4 is 27.5 Å². The predicted octanol–water partition coefficient (Wildman–Crippen LogP) is 2.24. The van der Waals surface area contributed by atoms with Gasteiger partial charge in [0, 0.05) is 18.8 Å². The molecule has 1 aliphatic rings. The molecule has 1 aliphatic heterocycles. The van der Waals surface area contributed by atoms with Crippen LogP contribution in [0.2, 0.25) is 0 Å². The Morgan fingerprint density at radius 2 is 1.81 bits per heavy atom. The molecule has 1 heterocycles. The average molecular weight is 444 g/mol. The highest BCUT2D eigenvalue weighted by Gasteiger charge is 2.50.